The summed E-state index contributed by atoms with van der Waals surface area (Å²) < 4.78 is 0.804. The molecule has 0 aliphatic rings. The summed E-state index contributed by atoms with van der Waals surface area (Å²) in [6, 6.07) is 4.20. The molecule has 2 heterocycles. The fourth-order valence-corrected chi connectivity index (χ4v) is 4.15. The molecule has 2 atom stereocenters. The maximum absolute atomic E-state index is 6.14. The van der Waals surface area contributed by atoms with E-state index in [4.69, 9.17) is 17.3 Å². The molecule has 0 saturated carbocycles. The number of hydrogen-bond acceptors (Lipinski definition) is 5. The number of nitrogens with two attached hydrogens (primary N) is 1. The first-order valence-corrected chi connectivity index (χ1v) is 8.17. The largest absolute Gasteiger partial charge is 0.326 e. The maximum Gasteiger partial charge on any atom is 0.0931 e. The highest BCUT2D eigenvalue weighted by Crippen LogP contribution is 2.32. The van der Waals surface area contributed by atoms with Crippen molar-refractivity contribution in [1.29, 1.82) is 0 Å². The molecule has 104 valence electrons. The van der Waals surface area contributed by atoms with Crippen LogP contribution in [0.4, 0.5) is 0 Å². The van der Waals surface area contributed by atoms with Crippen LogP contribution >= 0.6 is 34.3 Å². The number of aryl methyl sites for hydroxylation is 1. The molecule has 2 rings (SSSR count). The highest BCUT2D eigenvalue weighted by molar-refractivity contribution is 7.16. The van der Waals surface area contributed by atoms with Crippen molar-refractivity contribution in [3.63, 3.8) is 0 Å². The van der Waals surface area contributed by atoms with Gasteiger partial charge in [-0.05, 0) is 33.0 Å². The summed E-state index contributed by atoms with van der Waals surface area (Å²) in [5.74, 6) is 0. The Labute approximate surface area is 127 Å². The highest BCUT2D eigenvalue weighted by atomic mass is 35.5. The van der Waals surface area contributed by atoms with Gasteiger partial charge in [0.1, 0.15) is 0 Å². The van der Waals surface area contributed by atoms with Crippen LogP contribution in [0, 0.1) is 6.92 Å². The van der Waals surface area contributed by atoms with Crippen LogP contribution in [0.1, 0.15) is 28.5 Å². The van der Waals surface area contributed by atoms with E-state index in [0.29, 0.717) is 0 Å². The van der Waals surface area contributed by atoms with Crippen LogP contribution in [0.3, 0.4) is 0 Å². The first-order valence-electron chi connectivity index (χ1n) is 6.09. The summed E-state index contributed by atoms with van der Waals surface area (Å²) in [7, 11) is 2.08. The van der Waals surface area contributed by atoms with Gasteiger partial charge in [0.2, 0.25) is 0 Å². The second-order valence-corrected chi connectivity index (χ2v) is 7.53. The average molecular weight is 316 g/mol. The second kappa shape index (κ2) is 6.33. The van der Waals surface area contributed by atoms with Crippen LogP contribution in [0.15, 0.2) is 17.5 Å². The molecule has 0 bridgehead atoms. The molecule has 0 aliphatic carbocycles. The van der Waals surface area contributed by atoms with Crippen molar-refractivity contribution >= 4 is 34.3 Å². The molecule has 19 heavy (non-hydrogen) atoms. The maximum atomic E-state index is 6.14. The zero-order chi connectivity index (χ0) is 14.0. The van der Waals surface area contributed by atoms with Crippen LogP contribution < -0.4 is 5.73 Å². The van der Waals surface area contributed by atoms with Gasteiger partial charge in [0.05, 0.1) is 21.1 Å². The van der Waals surface area contributed by atoms with Gasteiger partial charge >= 0.3 is 0 Å². The minimum Gasteiger partial charge on any atom is -0.326 e. The smallest absolute Gasteiger partial charge is 0.0931 e. The van der Waals surface area contributed by atoms with Crippen molar-refractivity contribution in [1.82, 2.24) is 9.88 Å². The average Bonchev–Trinajstić information content (AvgIpc) is 2.88. The lowest BCUT2D eigenvalue weighted by Crippen LogP contribution is -2.36. The lowest BCUT2D eigenvalue weighted by molar-refractivity contribution is 0.212. The molecular formula is C13H18ClN3S2. The summed E-state index contributed by atoms with van der Waals surface area (Å²) in [6.45, 7) is 4.85. The monoisotopic (exact) mass is 315 g/mol. The quantitative estimate of drug-likeness (QED) is 0.915. The number of thiophene rings is 1. The summed E-state index contributed by atoms with van der Waals surface area (Å²) in [5, 5.41) is 3.20. The van der Waals surface area contributed by atoms with Crippen LogP contribution in [-0.2, 0) is 6.54 Å². The van der Waals surface area contributed by atoms with Gasteiger partial charge in [-0.3, -0.25) is 4.90 Å². The Morgan fingerprint density at radius 2 is 2.21 bits per heavy atom. The number of nitrogens with zero attached hydrogens (tertiary/aromatic N) is 2. The Morgan fingerprint density at radius 1 is 1.47 bits per heavy atom. The Hall–Kier alpha value is -0.460. The minimum absolute atomic E-state index is 0.0412. The van der Waals surface area contributed by atoms with Crippen molar-refractivity contribution in [3.8, 4) is 0 Å². The number of thiazole rings is 1. The van der Waals surface area contributed by atoms with Crippen molar-refractivity contribution in [2.45, 2.75) is 32.5 Å². The third-order valence-electron chi connectivity index (χ3n) is 2.94. The van der Waals surface area contributed by atoms with E-state index < -0.39 is 0 Å². The minimum atomic E-state index is 0.0412. The van der Waals surface area contributed by atoms with Crippen molar-refractivity contribution < 1.29 is 0 Å². The van der Waals surface area contributed by atoms with Crippen LogP contribution in [0.2, 0.25) is 4.34 Å². The van der Waals surface area contributed by atoms with Gasteiger partial charge in [-0.2, -0.15) is 0 Å². The molecule has 2 aromatic heterocycles. The lowest BCUT2D eigenvalue weighted by Gasteiger charge is -2.29. The first kappa shape index (κ1) is 14.9. The number of aromatic nitrogens is 1. The third kappa shape index (κ3) is 3.77. The van der Waals surface area contributed by atoms with E-state index in [1.165, 1.54) is 4.88 Å². The lowest BCUT2D eigenvalue weighted by atomic mass is 10.1. The van der Waals surface area contributed by atoms with E-state index in [0.717, 1.165) is 21.6 Å². The molecule has 2 aromatic rings. The molecule has 0 radical (unpaired) electrons. The fraction of sp³-hybridized carbons (Fsp3) is 0.462. The molecule has 3 nitrogen and oxygen atoms in total. The molecule has 6 heteroatoms. The number of rotatable bonds is 5. The molecule has 2 unspecified atom stereocenters. The van der Waals surface area contributed by atoms with E-state index in [1.54, 1.807) is 22.7 Å². The Balaban J connectivity index is 2.15. The van der Waals surface area contributed by atoms with Gasteiger partial charge in [0, 0.05) is 22.8 Å². The van der Waals surface area contributed by atoms with E-state index in [1.807, 2.05) is 19.9 Å². The number of likely N-dealkylation sites (N-methyl/N-ethyl adjacent to an activating group) is 1. The topological polar surface area (TPSA) is 42.2 Å². The second-order valence-electron chi connectivity index (χ2n) is 4.72. The SMILES string of the molecule is Cc1nc(CN(C)C(c2ccc(Cl)s2)C(C)N)cs1. The van der Waals surface area contributed by atoms with Crippen LogP contribution in [0.5, 0.6) is 0 Å². The van der Waals surface area contributed by atoms with Gasteiger partial charge in [-0.15, -0.1) is 22.7 Å². The molecule has 0 aliphatic heterocycles. The van der Waals surface area contributed by atoms with E-state index in [-0.39, 0.29) is 12.1 Å². The van der Waals surface area contributed by atoms with Gasteiger partial charge in [-0.25, -0.2) is 4.98 Å². The van der Waals surface area contributed by atoms with Crippen LogP contribution in [0.25, 0.3) is 0 Å². The summed E-state index contributed by atoms with van der Waals surface area (Å²) >= 11 is 9.30. The zero-order valence-electron chi connectivity index (χ0n) is 11.3. The molecular weight excluding hydrogens is 298 g/mol. The fourth-order valence-electron chi connectivity index (χ4n) is 2.20. The molecule has 0 amide bonds. The standard InChI is InChI=1S/C13H18ClN3S2/c1-8(15)13(11-4-5-12(14)19-11)17(3)6-10-7-18-9(2)16-10/h4-5,7-8,13H,6,15H2,1-3H3. The Morgan fingerprint density at radius 3 is 2.68 bits per heavy atom. The summed E-state index contributed by atoms with van der Waals surface area (Å²) in [4.78, 5) is 7.95. The van der Waals surface area contributed by atoms with E-state index in [9.17, 15) is 0 Å². The van der Waals surface area contributed by atoms with Gasteiger partial charge in [0.25, 0.3) is 0 Å². The third-order valence-corrected chi connectivity index (χ3v) is 5.06. The van der Waals surface area contributed by atoms with E-state index in [2.05, 4.69) is 28.4 Å². The number of hydrogen-bond donors (Lipinski definition) is 1. The number of halogens is 1. The predicted octanol–water partition coefficient (Wildman–Crippen LogP) is 3.69. The first-order chi connectivity index (χ1) is 8.97. The van der Waals surface area contributed by atoms with Crippen LogP contribution in [-0.4, -0.2) is 23.0 Å². The van der Waals surface area contributed by atoms with Gasteiger partial charge in [-0.1, -0.05) is 11.6 Å². The Bertz CT molecular complexity index is 535. The highest BCUT2D eigenvalue weighted by Gasteiger charge is 2.23. The zero-order valence-corrected chi connectivity index (χ0v) is 13.6. The molecule has 0 saturated heterocycles. The molecule has 0 spiro atoms. The Kier molecular flexibility index (Phi) is 4.97. The van der Waals surface area contributed by atoms with Crippen molar-refractivity contribution in [3.05, 3.63) is 37.4 Å². The van der Waals surface area contributed by atoms with Crippen molar-refractivity contribution in [2.24, 2.45) is 5.73 Å². The molecule has 0 fully saturated rings. The summed E-state index contributed by atoms with van der Waals surface area (Å²) in [5.41, 5.74) is 7.24. The molecule has 2 N–H and O–H groups in total. The van der Waals surface area contributed by atoms with Gasteiger partial charge in [0.15, 0.2) is 0 Å². The molecule has 0 aromatic carbocycles. The van der Waals surface area contributed by atoms with E-state index >= 15 is 0 Å². The van der Waals surface area contributed by atoms with Crippen molar-refractivity contribution in [2.75, 3.05) is 7.05 Å². The normalized spacial score (nSPS) is 14.8. The summed E-state index contributed by atoms with van der Waals surface area (Å²) in [6.07, 6.45) is 0. The van der Waals surface area contributed by atoms with Gasteiger partial charge < -0.3 is 5.73 Å². The predicted molar refractivity (Wildman–Crippen MR) is 84.0 cm³/mol.